The number of hydrogen-bond acceptors (Lipinski definition) is 9. The number of allylic oxidation sites excluding steroid dienone is 2. The Morgan fingerprint density at radius 3 is 2.36 bits per heavy atom. The third-order valence-corrected chi connectivity index (χ3v) is 9.54. The van der Waals surface area contributed by atoms with Crippen LogP contribution in [0.15, 0.2) is 43.5 Å². The predicted octanol–water partition coefficient (Wildman–Crippen LogP) is 7.19. The summed E-state index contributed by atoms with van der Waals surface area (Å²) < 4.78 is 53.6. The number of esters is 2. The van der Waals surface area contributed by atoms with Crippen LogP contribution < -0.4 is 9.47 Å². The lowest BCUT2D eigenvalue weighted by Crippen LogP contribution is -2.50. The molecule has 2 aliphatic rings. The molecule has 50 heavy (non-hydrogen) atoms. The molecule has 1 aliphatic heterocycles. The molecule has 2 heterocycles. The van der Waals surface area contributed by atoms with Gasteiger partial charge in [0.2, 0.25) is 11.8 Å². The molecule has 1 saturated heterocycles. The van der Waals surface area contributed by atoms with Gasteiger partial charge in [0.15, 0.2) is 5.69 Å². The van der Waals surface area contributed by atoms with Gasteiger partial charge in [-0.1, -0.05) is 40.3 Å². The van der Waals surface area contributed by atoms with Crippen molar-refractivity contribution in [1.82, 2.24) is 14.9 Å². The highest BCUT2D eigenvalue weighted by atomic mass is 19.3. The van der Waals surface area contributed by atoms with Crippen LogP contribution >= 0.6 is 0 Å². The van der Waals surface area contributed by atoms with Gasteiger partial charge in [-0.25, -0.2) is 14.8 Å². The van der Waals surface area contributed by atoms with Crippen LogP contribution in [0.5, 0.6) is 11.6 Å². The number of carbonyl (C=O) groups excluding carboxylic acids is 3. The number of amides is 1. The zero-order chi connectivity index (χ0) is 37.4. The van der Waals surface area contributed by atoms with E-state index < -0.39 is 75.9 Å². The van der Waals surface area contributed by atoms with Gasteiger partial charge in [-0.2, -0.15) is 8.78 Å². The minimum atomic E-state index is -3.61. The normalized spacial score (nSPS) is 24.3. The summed E-state index contributed by atoms with van der Waals surface area (Å²) in [4.78, 5) is 51.6. The molecule has 12 heteroatoms. The summed E-state index contributed by atoms with van der Waals surface area (Å²) in [7, 11) is 1.47. The average molecular weight is 700 g/mol. The van der Waals surface area contributed by atoms with Crippen molar-refractivity contribution in [2.24, 2.45) is 23.2 Å². The van der Waals surface area contributed by atoms with E-state index in [-0.39, 0.29) is 29.9 Å². The monoisotopic (exact) mass is 699 g/mol. The highest BCUT2D eigenvalue weighted by Crippen LogP contribution is 2.50. The number of benzene rings is 1. The Labute approximate surface area is 293 Å². The van der Waals surface area contributed by atoms with Gasteiger partial charge < -0.3 is 23.8 Å². The number of alkyl halides is 2. The van der Waals surface area contributed by atoms with Crippen molar-refractivity contribution in [3.63, 3.8) is 0 Å². The van der Waals surface area contributed by atoms with Crippen LogP contribution in [0, 0.1) is 23.2 Å². The van der Waals surface area contributed by atoms with E-state index in [1.54, 1.807) is 39.8 Å². The summed E-state index contributed by atoms with van der Waals surface area (Å²) in [6.45, 7) is 21.1. The molecule has 6 atom stereocenters. The summed E-state index contributed by atoms with van der Waals surface area (Å²) in [5.74, 6) is -6.69. The molecule has 0 radical (unpaired) electrons. The third-order valence-electron chi connectivity index (χ3n) is 9.54. The third kappa shape index (κ3) is 8.61. The number of methoxy groups -OCH3 is 1. The van der Waals surface area contributed by atoms with Crippen molar-refractivity contribution in [3.05, 3.63) is 49.2 Å². The smallest absolute Gasteiger partial charge is 0.329 e. The largest absolute Gasteiger partial charge is 0.497 e. The van der Waals surface area contributed by atoms with Gasteiger partial charge in [0, 0.05) is 17.9 Å². The van der Waals surface area contributed by atoms with Gasteiger partial charge in [-0.15, -0.1) is 6.58 Å². The van der Waals surface area contributed by atoms with Gasteiger partial charge in [-0.3, -0.25) is 9.59 Å². The summed E-state index contributed by atoms with van der Waals surface area (Å²) in [5.41, 5.74) is -2.53. The maximum absolute atomic E-state index is 15.2. The van der Waals surface area contributed by atoms with Gasteiger partial charge in [-0.05, 0) is 70.6 Å². The van der Waals surface area contributed by atoms with Crippen molar-refractivity contribution in [1.29, 1.82) is 0 Å². The zero-order valence-electron chi connectivity index (χ0n) is 30.7. The average Bonchev–Trinajstić information content (AvgIpc) is 3.54. The lowest BCUT2D eigenvalue weighted by Gasteiger charge is -2.35. The molecule has 1 aromatic carbocycles. The van der Waals surface area contributed by atoms with Crippen LogP contribution in [-0.4, -0.2) is 69.7 Å². The maximum Gasteiger partial charge on any atom is 0.329 e. The molecule has 2 fully saturated rings. The van der Waals surface area contributed by atoms with E-state index in [0.717, 1.165) is 19.3 Å². The van der Waals surface area contributed by atoms with E-state index in [9.17, 15) is 14.4 Å². The molecule has 2 unspecified atom stereocenters. The Kier molecular flexibility index (Phi) is 11.0. The molecular formula is C38H51F2N3O7. The van der Waals surface area contributed by atoms with Crippen molar-refractivity contribution in [2.45, 2.75) is 110 Å². The lowest BCUT2D eigenvalue weighted by atomic mass is 9.77. The second-order valence-electron chi connectivity index (χ2n) is 15.7. The molecule has 1 saturated carbocycles. The zero-order valence-corrected chi connectivity index (χ0v) is 30.7. The number of hydrogen-bond donors (Lipinski definition) is 0. The first-order chi connectivity index (χ1) is 23.1. The number of carbonyl (C=O) groups is 3. The Bertz CT molecular complexity index is 1630. The van der Waals surface area contributed by atoms with Crippen LogP contribution in [0.3, 0.4) is 0 Å². The Morgan fingerprint density at radius 1 is 1.10 bits per heavy atom. The highest BCUT2D eigenvalue weighted by Gasteiger charge is 2.55. The van der Waals surface area contributed by atoms with E-state index in [4.69, 9.17) is 18.9 Å². The van der Waals surface area contributed by atoms with Crippen molar-refractivity contribution in [2.75, 3.05) is 13.7 Å². The fraction of sp³-hybridized carbons (Fsp3) is 0.605. The minimum absolute atomic E-state index is 0.163. The number of ether oxygens (including phenoxy) is 4. The molecule has 2 aromatic rings. The van der Waals surface area contributed by atoms with E-state index in [1.807, 2.05) is 33.8 Å². The van der Waals surface area contributed by atoms with E-state index in [1.165, 1.54) is 18.1 Å². The van der Waals surface area contributed by atoms with Crippen molar-refractivity contribution >= 4 is 28.9 Å². The summed E-state index contributed by atoms with van der Waals surface area (Å²) in [5, 5.41) is 0. The Balaban J connectivity index is 1.69. The molecule has 4 rings (SSSR count). The number of fused-ring (bicyclic) bond motifs is 1. The first-order valence-corrected chi connectivity index (χ1v) is 17.0. The van der Waals surface area contributed by atoms with E-state index >= 15 is 8.78 Å². The van der Waals surface area contributed by atoms with Crippen LogP contribution in [-0.2, 0) is 29.8 Å². The number of nitrogens with zero attached hydrogens (tertiary/aromatic N) is 3. The molecule has 1 aliphatic carbocycles. The minimum Gasteiger partial charge on any atom is -0.497 e. The molecule has 0 spiro atoms. The second kappa shape index (κ2) is 14.3. The fourth-order valence-electron chi connectivity index (χ4n) is 6.44. The molecule has 1 aromatic heterocycles. The molecule has 0 N–H and O–H groups in total. The maximum atomic E-state index is 15.2. The topological polar surface area (TPSA) is 117 Å². The Hall–Kier alpha value is -4.09. The predicted molar refractivity (Wildman–Crippen MR) is 185 cm³/mol. The first-order valence-electron chi connectivity index (χ1n) is 17.0. The van der Waals surface area contributed by atoms with Crippen LogP contribution in [0.25, 0.3) is 11.0 Å². The molecule has 10 nitrogen and oxygen atoms in total. The molecule has 0 bridgehead atoms. The summed E-state index contributed by atoms with van der Waals surface area (Å²) in [6.07, 6.45) is 3.51. The molecular weight excluding hydrogens is 648 g/mol. The van der Waals surface area contributed by atoms with Crippen LogP contribution in [0.2, 0.25) is 0 Å². The van der Waals surface area contributed by atoms with E-state index in [0.29, 0.717) is 11.8 Å². The van der Waals surface area contributed by atoms with Gasteiger partial charge in [0.25, 0.3) is 0 Å². The van der Waals surface area contributed by atoms with Crippen LogP contribution in [0.4, 0.5) is 8.78 Å². The lowest BCUT2D eigenvalue weighted by molar-refractivity contribution is -0.167. The number of halogens is 2. The number of rotatable bonds is 13. The van der Waals surface area contributed by atoms with Crippen LogP contribution in [0.1, 0.15) is 86.8 Å². The molecule has 274 valence electrons. The van der Waals surface area contributed by atoms with Gasteiger partial charge >= 0.3 is 17.9 Å². The Morgan fingerprint density at radius 2 is 1.78 bits per heavy atom. The number of aromatic nitrogens is 2. The second-order valence-corrected chi connectivity index (χ2v) is 15.7. The van der Waals surface area contributed by atoms with Gasteiger partial charge in [0.1, 0.15) is 29.1 Å². The number of likely N-dealkylation sites (tertiary alicyclic amines) is 1. The highest BCUT2D eigenvalue weighted by molar-refractivity contribution is 5.90. The first kappa shape index (κ1) is 38.7. The summed E-state index contributed by atoms with van der Waals surface area (Å²) in [6, 6.07) is 3.48. The standard InChI is InChI=1S/C38H51F2N3O7/c1-12-14-15-23-20-37(23,10)49-29(44)19-25(35(4,5)6)33(45)43-21-28(22(3)30(43)34(46)50-36(7,8)9)48-32-31(38(39,40)13-2)41-26-17-16-24(47-11)18-27(26)42-32/h12-13,16-18,22-23,25,28,30H,1-2,14-15,19-21H2,3-11H3/t22-,23?,25-,28+,30+,37?/m1/s1. The SMILES string of the molecule is C=CCCC1CC1(C)OC(=O)C[C@H](C(=O)N1C[C@H](Oc2nc3cc(OC)ccc3nc2C(F)(F)C=C)[C@@H](C)[C@H]1C(=O)OC(C)(C)C)C(C)(C)C. The fourth-order valence-corrected chi connectivity index (χ4v) is 6.44. The quantitative estimate of drug-likeness (QED) is 0.158. The summed E-state index contributed by atoms with van der Waals surface area (Å²) >= 11 is 0. The van der Waals surface area contributed by atoms with Crippen molar-refractivity contribution in [3.8, 4) is 11.6 Å². The molecule has 1 amide bonds. The van der Waals surface area contributed by atoms with Crippen molar-refractivity contribution < 1.29 is 42.1 Å². The van der Waals surface area contributed by atoms with Gasteiger partial charge in [0.05, 0.1) is 37.0 Å². The van der Waals surface area contributed by atoms with E-state index in [2.05, 4.69) is 23.1 Å².